The van der Waals surface area contributed by atoms with Gasteiger partial charge in [-0.15, -0.1) is 13.2 Å². The van der Waals surface area contributed by atoms with E-state index in [1.807, 2.05) is 0 Å². The number of primary amides is 1. The fourth-order valence-corrected chi connectivity index (χ4v) is 3.82. The van der Waals surface area contributed by atoms with Crippen LogP contribution < -0.4 is 20.7 Å². The number of benzene rings is 1. The van der Waals surface area contributed by atoms with Gasteiger partial charge in [-0.3, -0.25) is 9.69 Å². The molecule has 186 valence electrons. The first-order valence-electron chi connectivity index (χ1n) is 10.5. The first-order valence-corrected chi connectivity index (χ1v) is 10.5. The summed E-state index contributed by atoms with van der Waals surface area (Å²) < 4.78 is 56.3. The summed E-state index contributed by atoms with van der Waals surface area (Å²) in [7, 11) is 1.55. The Morgan fingerprint density at radius 1 is 1.38 bits per heavy atom. The number of carbonyl (C=O) groups excluding carboxylic acids is 1. The molecule has 0 aliphatic carbocycles. The highest BCUT2D eigenvalue weighted by atomic mass is 19.4. The first kappa shape index (κ1) is 25.4. The second-order valence-electron chi connectivity index (χ2n) is 8.11. The van der Waals surface area contributed by atoms with Crippen molar-refractivity contribution in [2.24, 2.45) is 11.7 Å². The van der Waals surface area contributed by atoms with Crippen LogP contribution in [0.2, 0.25) is 0 Å². The van der Waals surface area contributed by atoms with E-state index < -0.39 is 24.2 Å². The lowest BCUT2D eigenvalue weighted by Gasteiger charge is -2.35. The Balaban J connectivity index is 1.61. The Morgan fingerprint density at radius 3 is 2.82 bits per heavy atom. The van der Waals surface area contributed by atoms with Gasteiger partial charge in [0.1, 0.15) is 12.1 Å². The molecule has 34 heavy (non-hydrogen) atoms. The van der Waals surface area contributed by atoms with E-state index in [4.69, 9.17) is 5.73 Å². The van der Waals surface area contributed by atoms with Crippen LogP contribution in [0, 0.1) is 11.7 Å². The van der Waals surface area contributed by atoms with Gasteiger partial charge < -0.3 is 25.8 Å². The van der Waals surface area contributed by atoms with E-state index >= 15 is 4.39 Å². The highest BCUT2D eigenvalue weighted by molar-refractivity contribution is 5.75. The van der Waals surface area contributed by atoms with Crippen molar-refractivity contribution < 1.29 is 32.2 Å². The van der Waals surface area contributed by atoms with Gasteiger partial charge in [0.25, 0.3) is 0 Å². The molecule has 0 saturated carbocycles. The molecule has 1 fully saturated rings. The molecule has 2 heterocycles. The van der Waals surface area contributed by atoms with Gasteiger partial charge in [0.2, 0.25) is 11.7 Å². The number of anilines is 2. The smallest absolute Gasteiger partial charge is 0.406 e. The highest BCUT2D eigenvalue weighted by Gasteiger charge is 2.31. The number of nitrogens with zero attached hydrogens (tertiary/aromatic N) is 4. The number of ether oxygens (including phenoxy) is 1. The highest BCUT2D eigenvalue weighted by Crippen LogP contribution is 2.26. The van der Waals surface area contributed by atoms with Gasteiger partial charge in [0, 0.05) is 32.6 Å². The first-order chi connectivity index (χ1) is 16.0. The number of aromatic nitrogens is 2. The number of halogens is 4. The molecule has 2 atom stereocenters. The Labute approximate surface area is 193 Å². The van der Waals surface area contributed by atoms with Crippen LogP contribution in [0.4, 0.5) is 29.2 Å². The molecule has 1 aliphatic rings. The lowest BCUT2D eigenvalue weighted by atomic mass is 9.94. The molecule has 1 aromatic heterocycles. The van der Waals surface area contributed by atoms with Gasteiger partial charge in [-0.2, -0.15) is 4.39 Å². The summed E-state index contributed by atoms with van der Waals surface area (Å²) >= 11 is 0. The van der Waals surface area contributed by atoms with Gasteiger partial charge in [-0.05, 0) is 30.7 Å². The largest absolute Gasteiger partial charge is 0.573 e. The molecule has 2 unspecified atom stereocenters. The number of nitrogens with two attached hydrogens (primary N) is 1. The second kappa shape index (κ2) is 10.8. The Morgan fingerprint density at radius 2 is 2.15 bits per heavy atom. The molecule has 0 spiro atoms. The standard InChI is InChI=1S/C21H26F4N6O3/c1-30(9-13-3-2-4-15(7-13)34-21(23,24)25)20-18(22)19(28-12-29-20)27-8-14-5-6-31(10-16(14)32)11-17(26)33/h2-4,7,12,14,16,32H,5-6,8-11H2,1H3,(H2,26,33)(H,27,28,29). The van der Waals surface area contributed by atoms with Crippen molar-refractivity contribution in [3.63, 3.8) is 0 Å². The lowest BCUT2D eigenvalue weighted by molar-refractivity contribution is -0.274. The summed E-state index contributed by atoms with van der Waals surface area (Å²) in [4.78, 5) is 22.1. The SMILES string of the molecule is CN(Cc1cccc(OC(F)(F)F)c1)c1ncnc(NCC2CCN(CC(N)=O)CC2O)c1F. The minimum absolute atomic E-state index is 0.0449. The van der Waals surface area contributed by atoms with E-state index in [1.165, 1.54) is 29.4 Å². The molecule has 0 bridgehead atoms. The predicted octanol–water partition coefficient (Wildman–Crippen LogP) is 1.73. The average Bonchev–Trinajstić information content (AvgIpc) is 2.72. The summed E-state index contributed by atoms with van der Waals surface area (Å²) in [6.07, 6.45) is -3.78. The van der Waals surface area contributed by atoms with Gasteiger partial charge in [-0.1, -0.05) is 12.1 Å². The van der Waals surface area contributed by atoms with Crippen LogP contribution in [0.3, 0.4) is 0 Å². The minimum atomic E-state index is -4.81. The third kappa shape index (κ3) is 7.15. The number of aliphatic hydroxyl groups excluding tert-OH is 1. The molecule has 4 N–H and O–H groups in total. The topological polar surface area (TPSA) is 117 Å². The number of carbonyl (C=O) groups is 1. The molecule has 13 heteroatoms. The summed E-state index contributed by atoms with van der Waals surface area (Å²) in [6, 6.07) is 5.39. The molecule has 0 radical (unpaired) electrons. The van der Waals surface area contributed by atoms with E-state index in [1.54, 1.807) is 18.0 Å². The number of nitrogens with one attached hydrogen (secondary N) is 1. The van der Waals surface area contributed by atoms with Crippen molar-refractivity contribution in [3.8, 4) is 5.75 Å². The maximum atomic E-state index is 15.1. The van der Waals surface area contributed by atoms with Crippen LogP contribution in [-0.2, 0) is 11.3 Å². The van der Waals surface area contributed by atoms with E-state index in [-0.39, 0.29) is 49.5 Å². The zero-order valence-corrected chi connectivity index (χ0v) is 18.4. The summed E-state index contributed by atoms with van der Waals surface area (Å²) in [5, 5.41) is 13.2. The maximum absolute atomic E-state index is 15.1. The van der Waals surface area contributed by atoms with Crippen LogP contribution in [0.1, 0.15) is 12.0 Å². The maximum Gasteiger partial charge on any atom is 0.573 e. The van der Waals surface area contributed by atoms with E-state index in [0.29, 0.717) is 18.5 Å². The zero-order chi connectivity index (χ0) is 24.9. The number of piperidine rings is 1. The number of hydrogen-bond donors (Lipinski definition) is 3. The fraction of sp³-hybridized carbons (Fsp3) is 0.476. The Hall–Kier alpha value is -3.19. The van der Waals surface area contributed by atoms with Crippen LogP contribution in [-0.4, -0.2) is 71.6 Å². The van der Waals surface area contributed by atoms with Crippen LogP contribution in [0.5, 0.6) is 5.75 Å². The number of rotatable bonds is 9. The van der Waals surface area contributed by atoms with E-state index in [9.17, 15) is 23.1 Å². The van der Waals surface area contributed by atoms with Crippen LogP contribution in [0.25, 0.3) is 0 Å². The third-order valence-corrected chi connectivity index (χ3v) is 5.40. The summed E-state index contributed by atoms with van der Waals surface area (Å²) in [5.41, 5.74) is 5.65. The number of likely N-dealkylation sites (tertiary alicyclic amines) is 1. The monoisotopic (exact) mass is 486 g/mol. The average molecular weight is 486 g/mol. The molecule has 1 aliphatic heterocycles. The number of hydrogen-bond acceptors (Lipinski definition) is 8. The molecule has 2 aromatic rings. The Kier molecular flexibility index (Phi) is 8.10. The summed E-state index contributed by atoms with van der Waals surface area (Å²) in [6.45, 7) is 1.24. The lowest BCUT2D eigenvalue weighted by Crippen LogP contribution is -2.48. The van der Waals surface area contributed by atoms with Crippen molar-refractivity contribution >= 4 is 17.5 Å². The van der Waals surface area contributed by atoms with Gasteiger partial charge >= 0.3 is 6.36 Å². The van der Waals surface area contributed by atoms with E-state index in [2.05, 4.69) is 20.0 Å². The molecule has 9 nitrogen and oxygen atoms in total. The molecular weight excluding hydrogens is 460 g/mol. The fourth-order valence-electron chi connectivity index (χ4n) is 3.82. The Bertz CT molecular complexity index is 993. The summed E-state index contributed by atoms with van der Waals surface area (Å²) in [5.74, 6) is -1.86. The third-order valence-electron chi connectivity index (χ3n) is 5.40. The van der Waals surface area contributed by atoms with Crippen molar-refractivity contribution in [1.82, 2.24) is 14.9 Å². The quantitative estimate of drug-likeness (QED) is 0.459. The second-order valence-corrected chi connectivity index (χ2v) is 8.11. The number of alkyl halides is 3. The van der Waals surface area contributed by atoms with Crippen molar-refractivity contribution in [3.05, 3.63) is 42.0 Å². The molecule has 1 aromatic carbocycles. The molecule has 1 amide bonds. The van der Waals surface area contributed by atoms with Crippen molar-refractivity contribution in [2.75, 3.05) is 43.4 Å². The number of amides is 1. The molecule has 3 rings (SSSR count). The van der Waals surface area contributed by atoms with Gasteiger partial charge in [0.05, 0.1) is 12.6 Å². The minimum Gasteiger partial charge on any atom is -0.406 e. The van der Waals surface area contributed by atoms with Crippen molar-refractivity contribution in [1.29, 1.82) is 0 Å². The van der Waals surface area contributed by atoms with Crippen LogP contribution in [0.15, 0.2) is 30.6 Å². The van der Waals surface area contributed by atoms with Crippen LogP contribution >= 0.6 is 0 Å². The van der Waals surface area contributed by atoms with Gasteiger partial charge in [-0.25, -0.2) is 9.97 Å². The molecular formula is C21H26F4N6O3. The predicted molar refractivity (Wildman–Crippen MR) is 115 cm³/mol. The number of aliphatic hydroxyl groups is 1. The van der Waals surface area contributed by atoms with Gasteiger partial charge in [0.15, 0.2) is 11.6 Å². The zero-order valence-electron chi connectivity index (χ0n) is 18.4. The van der Waals surface area contributed by atoms with E-state index in [0.717, 1.165) is 0 Å². The normalized spacial score (nSPS) is 19.0. The number of β-amino-alcohol motifs (C(OH)–C–C–N with tert-alkyl or cyclic N) is 1. The van der Waals surface area contributed by atoms with Crippen molar-refractivity contribution in [2.45, 2.75) is 25.4 Å². The molecule has 1 saturated heterocycles.